The predicted molar refractivity (Wildman–Crippen MR) is 92.6 cm³/mol. The number of hydrogen-bond acceptors (Lipinski definition) is 5. The third-order valence-corrected chi connectivity index (χ3v) is 4.53. The summed E-state index contributed by atoms with van der Waals surface area (Å²) in [4.78, 5) is 14.8. The molecule has 0 bridgehead atoms. The van der Waals surface area contributed by atoms with Crippen LogP contribution in [0, 0.1) is 17.2 Å². The van der Waals surface area contributed by atoms with E-state index in [1.807, 2.05) is 0 Å². The zero-order valence-electron chi connectivity index (χ0n) is 14.0. The van der Waals surface area contributed by atoms with Crippen LogP contribution < -0.4 is 14.8 Å². The highest BCUT2D eigenvalue weighted by Crippen LogP contribution is 2.36. The molecule has 0 unspecified atom stereocenters. The molecule has 6 nitrogen and oxygen atoms in total. The molecule has 0 aromatic heterocycles. The highest BCUT2D eigenvalue weighted by molar-refractivity contribution is 6.32. The molecule has 1 aromatic carbocycles. The van der Waals surface area contributed by atoms with E-state index in [0.717, 1.165) is 32.5 Å². The van der Waals surface area contributed by atoms with Crippen LogP contribution in [0.1, 0.15) is 19.3 Å². The molecule has 0 atom stereocenters. The van der Waals surface area contributed by atoms with Gasteiger partial charge in [-0.3, -0.25) is 4.79 Å². The number of amides is 1. The van der Waals surface area contributed by atoms with Gasteiger partial charge in [0.05, 0.1) is 31.0 Å². The summed E-state index contributed by atoms with van der Waals surface area (Å²) in [6.07, 6.45) is 2.09. The number of benzene rings is 1. The van der Waals surface area contributed by atoms with Gasteiger partial charge in [-0.05, 0) is 25.9 Å². The number of anilines is 1. The minimum atomic E-state index is -0.0466. The van der Waals surface area contributed by atoms with Crippen LogP contribution in [0.2, 0.25) is 5.02 Å². The molecule has 1 aromatic rings. The zero-order chi connectivity index (χ0) is 17.5. The fraction of sp³-hybridized carbons (Fsp3) is 0.529. The molecule has 24 heavy (non-hydrogen) atoms. The summed E-state index contributed by atoms with van der Waals surface area (Å²) in [5.41, 5.74) is 0.552. The minimum Gasteiger partial charge on any atom is -0.495 e. The Kier molecular flexibility index (Phi) is 6.71. The molecule has 1 aliphatic rings. The fourth-order valence-corrected chi connectivity index (χ4v) is 3.05. The first-order valence-electron chi connectivity index (χ1n) is 7.90. The Morgan fingerprint density at radius 2 is 2.00 bits per heavy atom. The fourth-order valence-electron chi connectivity index (χ4n) is 2.82. The second kappa shape index (κ2) is 8.76. The average molecular weight is 352 g/mol. The second-order valence-electron chi connectivity index (χ2n) is 5.70. The second-order valence-corrected chi connectivity index (χ2v) is 6.11. The van der Waals surface area contributed by atoms with E-state index >= 15 is 0 Å². The lowest BCUT2D eigenvalue weighted by molar-refractivity contribution is -0.121. The van der Waals surface area contributed by atoms with Crippen LogP contribution in [0.3, 0.4) is 0 Å². The summed E-state index contributed by atoms with van der Waals surface area (Å²) >= 11 is 6.08. The third-order valence-electron chi connectivity index (χ3n) is 4.23. The van der Waals surface area contributed by atoms with Crippen molar-refractivity contribution in [2.45, 2.75) is 19.3 Å². The number of nitrogens with zero attached hydrogens (tertiary/aromatic N) is 2. The number of rotatable bonds is 6. The van der Waals surface area contributed by atoms with Crippen molar-refractivity contribution in [2.24, 2.45) is 5.92 Å². The number of likely N-dealkylation sites (tertiary alicyclic amines) is 1. The van der Waals surface area contributed by atoms with Crippen molar-refractivity contribution in [3.8, 4) is 17.6 Å². The lowest BCUT2D eigenvalue weighted by Crippen LogP contribution is -2.38. The number of nitriles is 1. The third kappa shape index (κ3) is 4.53. The first-order chi connectivity index (χ1) is 11.6. The van der Waals surface area contributed by atoms with E-state index in [-0.39, 0.29) is 11.8 Å². The summed E-state index contributed by atoms with van der Waals surface area (Å²) < 4.78 is 10.5. The maximum atomic E-state index is 12.5. The van der Waals surface area contributed by atoms with Gasteiger partial charge in [-0.25, -0.2) is 0 Å². The summed E-state index contributed by atoms with van der Waals surface area (Å²) in [6, 6.07) is 5.45. The van der Waals surface area contributed by atoms with Gasteiger partial charge >= 0.3 is 0 Å². The van der Waals surface area contributed by atoms with E-state index in [9.17, 15) is 4.79 Å². The Hall–Kier alpha value is -1.97. The number of hydrogen-bond donors (Lipinski definition) is 1. The number of carbonyl (C=O) groups is 1. The average Bonchev–Trinajstić information content (AvgIpc) is 2.61. The molecule has 1 fully saturated rings. The molecular weight excluding hydrogens is 330 g/mol. The standard InChI is InChI=1S/C17H22ClN3O3/c1-23-15-11-14(16(24-2)10-13(15)18)20-17(22)12-4-8-21(9-5-12)7-3-6-19/h10-12H,3-5,7-9H2,1-2H3,(H,20,22). The number of carbonyl (C=O) groups excluding carboxylic acids is 1. The number of piperidine rings is 1. The van der Waals surface area contributed by atoms with Gasteiger partial charge in [-0.1, -0.05) is 11.6 Å². The minimum absolute atomic E-state index is 0.0300. The van der Waals surface area contributed by atoms with Gasteiger partial charge in [0.2, 0.25) is 5.91 Å². The van der Waals surface area contributed by atoms with Crippen molar-refractivity contribution in [3.63, 3.8) is 0 Å². The maximum absolute atomic E-state index is 12.5. The maximum Gasteiger partial charge on any atom is 0.227 e. The number of nitrogens with one attached hydrogen (secondary N) is 1. The zero-order valence-corrected chi connectivity index (χ0v) is 14.7. The lowest BCUT2D eigenvalue weighted by atomic mass is 9.95. The molecule has 1 N–H and O–H groups in total. The molecule has 0 aliphatic carbocycles. The Labute approximate surface area is 147 Å². The molecule has 7 heteroatoms. The van der Waals surface area contributed by atoms with E-state index in [2.05, 4.69) is 16.3 Å². The highest BCUT2D eigenvalue weighted by Gasteiger charge is 2.25. The topological polar surface area (TPSA) is 74.6 Å². The van der Waals surface area contributed by atoms with Gasteiger partial charge < -0.3 is 19.7 Å². The van der Waals surface area contributed by atoms with E-state index in [1.165, 1.54) is 14.2 Å². The molecule has 1 aliphatic heterocycles. The monoisotopic (exact) mass is 351 g/mol. The van der Waals surface area contributed by atoms with Crippen LogP contribution >= 0.6 is 11.6 Å². The van der Waals surface area contributed by atoms with E-state index < -0.39 is 0 Å². The van der Waals surface area contributed by atoms with Gasteiger partial charge in [0, 0.05) is 31.0 Å². The van der Waals surface area contributed by atoms with Gasteiger partial charge in [0.25, 0.3) is 0 Å². The first-order valence-corrected chi connectivity index (χ1v) is 8.28. The smallest absolute Gasteiger partial charge is 0.227 e. The van der Waals surface area contributed by atoms with Gasteiger partial charge in [-0.2, -0.15) is 5.26 Å². The Bertz CT molecular complexity index is 622. The quantitative estimate of drug-likeness (QED) is 0.852. The Morgan fingerprint density at radius 1 is 1.33 bits per heavy atom. The van der Waals surface area contributed by atoms with Crippen molar-refractivity contribution in [1.29, 1.82) is 5.26 Å². The van der Waals surface area contributed by atoms with Crippen molar-refractivity contribution >= 4 is 23.2 Å². The number of halogens is 1. The molecule has 0 spiro atoms. The molecule has 130 valence electrons. The van der Waals surface area contributed by atoms with Crippen LogP contribution in [0.15, 0.2) is 12.1 Å². The normalized spacial score (nSPS) is 15.6. The first kappa shape index (κ1) is 18.4. The lowest BCUT2D eigenvalue weighted by Gasteiger charge is -2.30. The molecule has 1 amide bonds. The van der Waals surface area contributed by atoms with E-state index in [0.29, 0.717) is 28.6 Å². The van der Waals surface area contributed by atoms with Crippen LogP contribution in [-0.2, 0) is 4.79 Å². The number of methoxy groups -OCH3 is 2. The van der Waals surface area contributed by atoms with Crippen molar-refractivity contribution < 1.29 is 14.3 Å². The Balaban J connectivity index is 1.99. The van der Waals surface area contributed by atoms with Crippen LogP contribution in [0.25, 0.3) is 0 Å². The van der Waals surface area contributed by atoms with Crippen molar-refractivity contribution in [3.05, 3.63) is 17.2 Å². The SMILES string of the molecule is COc1cc(NC(=O)C2CCN(CCC#N)CC2)c(OC)cc1Cl. The van der Waals surface area contributed by atoms with E-state index in [1.54, 1.807) is 12.1 Å². The molecule has 2 rings (SSSR count). The van der Waals surface area contributed by atoms with Gasteiger partial charge in [0.1, 0.15) is 11.5 Å². The summed E-state index contributed by atoms with van der Waals surface area (Å²) in [5.74, 6) is 0.909. The summed E-state index contributed by atoms with van der Waals surface area (Å²) in [7, 11) is 3.05. The van der Waals surface area contributed by atoms with Crippen LogP contribution in [-0.4, -0.2) is 44.7 Å². The molecule has 0 radical (unpaired) electrons. The van der Waals surface area contributed by atoms with Gasteiger partial charge in [0.15, 0.2) is 0 Å². The predicted octanol–water partition coefficient (Wildman–Crippen LogP) is 2.92. The van der Waals surface area contributed by atoms with Crippen molar-refractivity contribution in [2.75, 3.05) is 39.2 Å². The summed E-state index contributed by atoms with van der Waals surface area (Å²) in [6.45, 7) is 2.44. The highest BCUT2D eigenvalue weighted by atomic mass is 35.5. The molecular formula is C17H22ClN3O3. The summed E-state index contributed by atoms with van der Waals surface area (Å²) in [5, 5.41) is 12.0. The molecule has 1 saturated heterocycles. The molecule has 1 heterocycles. The van der Waals surface area contributed by atoms with Crippen molar-refractivity contribution in [1.82, 2.24) is 4.90 Å². The van der Waals surface area contributed by atoms with Crippen LogP contribution in [0.5, 0.6) is 11.5 Å². The van der Waals surface area contributed by atoms with Crippen LogP contribution in [0.4, 0.5) is 5.69 Å². The largest absolute Gasteiger partial charge is 0.495 e. The Morgan fingerprint density at radius 3 is 2.58 bits per heavy atom. The number of ether oxygens (including phenoxy) is 2. The van der Waals surface area contributed by atoms with Gasteiger partial charge in [-0.15, -0.1) is 0 Å². The molecule has 0 saturated carbocycles. The van der Waals surface area contributed by atoms with E-state index in [4.69, 9.17) is 26.3 Å².